The molecule has 2 heterocycles. The molecule has 1 unspecified atom stereocenters. The molecule has 0 bridgehead atoms. The third-order valence-corrected chi connectivity index (χ3v) is 9.43. The van der Waals surface area contributed by atoms with Crippen LogP contribution >= 0.6 is 0 Å². The quantitative estimate of drug-likeness (QED) is 0.287. The largest absolute Gasteiger partial charge is 0.487 e. The van der Waals surface area contributed by atoms with E-state index in [1.54, 1.807) is 12.1 Å². The maximum atomic E-state index is 13.1. The fourth-order valence-corrected chi connectivity index (χ4v) is 6.88. The zero-order valence-electron chi connectivity index (χ0n) is 23.0. The Morgan fingerprint density at radius 1 is 0.929 bits per heavy atom. The first-order valence-electron chi connectivity index (χ1n) is 13.7. The van der Waals surface area contributed by atoms with Gasteiger partial charge in [-0.15, -0.1) is 0 Å². The van der Waals surface area contributed by atoms with Gasteiger partial charge in [0.2, 0.25) is 0 Å². The fraction of sp³-hybridized carbons (Fsp3) is 0.387. The average Bonchev–Trinajstić information content (AvgIpc) is 2.94. The van der Waals surface area contributed by atoms with Gasteiger partial charge in [0.25, 0.3) is 0 Å². The van der Waals surface area contributed by atoms with Gasteiger partial charge >= 0.3 is 12.3 Å². The molecule has 1 spiro atoms. The maximum absolute atomic E-state index is 13.1. The second kappa shape index (κ2) is 11.6. The number of piperidine rings is 1. The highest BCUT2D eigenvalue weighted by molar-refractivity contribution is 7.89. The van der Waals surface area contributed by atoms with Crippen LogP contribution < -0.4 is 4.74 Å². The minimum Gasteiger partial charge on any atom is -0.487 e. The molecule has 0 N–H and O–H groups in total. The lowest BCUT2D eigenvalue weighted by molar-refractivity contribution is -0.200. The third-order valence-electron chi connectivity index (χ3n) is 7.88. The Balaban J connectivity index is 1.18. The topological polar surface area (TPSA) is 72.9 Å². The van der Waals surface area contributed by atoms with Gasteiger partial charge in [0.05, 0.1) is 11.5 Å². The number of fused-ring (bicyclic) bond motifs is 1. The van der Waals surface area contributed by atoms with Crippen molar-refractivity contribution in [1.29, 1.82) is 0 Å². The number of aryl methyl sites for hydroxylation is 1. The van der Waals surface area contributed by atoms with Gasteiger partial charge in [0.1, 0.15) is 17.2 Å². The van der Waals surface area contributed by atoms with E-state index in [1.807, 2.05) is 30.3 Å². The van der Waals surface area contributed by atoms with Crippen molar-refractivity contribution in [2.24, 2.45) is 0 Å². The number of carbonyl (C=O) groups is 1. The fourth-order valence-electron chi connectivity index (χ4n) is 5.38. The van der Waals surface area contributed by atoms with Crippen LogP contribution in [-0.2, 0) is 32.5 Å². The number of hydrogen-bond acceptors (Lipinski definition) is 5. The van der Waals surface area contributed by atoms with Crippen LogP contribution in [-0.4, -0.2) is 50.4 Å². The summed E-state index contributed by atoms with van der Waals surface area (Å²) in [5.74, 6) is 0.0435. The van der Waals surface area contributed by atoms with E-state index in [9.17, 15) is 30.8 Å². The molecule has 0 aliphatic carbocycles. The number of ether oxygens (including phenoxy) is 2. The number of carbonyl (C=O) groups excluding carboxylic acids is 1. The van der Waals surface area contributed by atoms with Gasteiger partial charge in [-0.3, -0.25) is 0 Å². The molecular weight excluding hydrogens is 574 g/mol. The lowest BCUT2D eigenvalue weighted by Gasteiger charge is -2.44. The zero-order chi connectivity index (χ0) is 30.1. The molecule has 1 saturated heterocycles. The molecule has 42 heavy (non-hydrogen) atoms. The molecule has 1 fully saturated rings. The molecular formula is C31H31F4NO5S. The van der Waals surface area contributed by atoms with Crippen LogP contribution in [0.15, 0.2) is 66.7 Å². The molecule has 224 valence electrons. The van der Waals surface area contributed by atoms with Gasteiger partial charge in [-0.25, -0.2) is 17.6 Å². The molecule has 1 atom stereocenters. The maximum Gasteiger partial charge on any atom is 0.425 e. The Labute approximate surface area is 242 Å². The molecule has 0 radical (unpaired) electrons. The van der Waals surface area contributed by atoms with E-state index in [0.717, 1.165) is 42.2 Å². The number of nitrogens with zero attached hydrogens (tertiary/aromatic N) is 1. The monoisotopic (exact) mass is 605 g/mol. The summed E-state index contributed by atoms with van der Waals surface area (Å²) in [4.78, 5) is 13.5. The molecule has 5 rings (SSSR count). The summed E-state index contributed by atoms with van der Waals surface area (Å²) in [5.41, 5.74) is 3.64. The van der Waals surface area contributed by atoms with Crippen molar-refractivity contribution >= 4 is 15.9 Å². The van der Waals surface area contributed by atoms with E-state index >= 15 is 0 Å². The second-order valence-corrected chi connectivity index (χ2v) is 13.1. The van der Waals surface area contributed by atoms with Crippen LogP contribution in [0, 0.1) is 5.82 Å². The standard InChI is InChI=1S/C31H31F4NO5S/c1-21(31(33,34)35)40-29(37)36-16-14-30(15-17-36)13-12-26-18-25(8-11-28(26)41-30)24-6-2-22(3-7-24)19-42(38,39)20-23-4-9-27(32)10-5-23/h2-11,18,21H,12-17,19-20H2,1H3. The highest BCUT2D eigenvalue weighted by Crippen LogP contribution is 2.41. The Morgan fingerprint density at radius 3 is 2.10 bits per heavy atom. The van der Waals surface area contributed by atoms with E-state index in [0.29, 0.717) is 24.0 Å². The zero-order valence-corrected chi connectivity index (χ0v) is 23.8. The van der Waals surface area contributed by atoms with E-state index in [4.69, 9.17) is 4.74 Å². The number of halogens is 4. The Morgan fingerprint density at radius 2 is 1.50 bits per heavy atom. The summed E-state index contributed by atoms with van der Waals surface area (Å²) in [7, 11) is -3.44. The van der Waals surface area contributed by atoms with Gasteiger partial charge in [0, 0.05) is 25.9 Å². The number of amides is 1. The summed E-state index contributed by atoms with van der Waals surface area (Å²) in [6.45, 7) is 1.32. The smallest absolute Gasteiger partial charge is 0.425 e. The number of alkyl halides is 3. The summed E-state index contributed by atoms with van der Waals surface area (Å²) >= 11 is 0. The van der Waals surface area contributed by atoms with Crippen molar-refractivity contribution in [2.75, 3.05) is 13.1 Å². The van der Waals surface area contributed by atoms with Crippen LogP contribution in [0.3, 0.4) is 0 Å². The summed E-state index contributed by atoms with van der Waals surface area (Å²) in [5, 5.41) is 0. The molecule has 3 aromatic carbocycles. The van der Waals surface area contributed by atoms with E-state index < -0.39 is 39.6 Å². The SMILES string of the molecule is CC(OC(=O)N1CCC2(CCc3cc(-c4ccc(CS(=O)(=O)Cc5ccc(F)cc5)cc4)ccc3O2)CC1)C(F)(F)F. The lowest BCUT2D eigenvalue weighted by atomic mass is 9.82. The van der Waals surface area contributed by atoms with E-state index in [1.165, 1.54) is 29.2 Å². The lowest BCUT2D eigenvalue weighted by Crippen LogP contribution is -2.52. The Bertz CT molecular complexity index is 1530. The van der Waals surface area contributed by atoms with Gasteiger partial charge in [0.15, 0.2) is 15.9 Å². The number of hydrogen-bond donors (Lipinski definition) is 0. The summed E-state index contributed by atoms with van der Waals surface area (Å²) in [6.07, 6.45) is -5.27. The van der Waals surface area contributed by atoms with Crippen LogP contribution in [0.2, 0.25) is 0 Å². The molecule has 6 nitrogen and oxygen atoms in total. The average molecular weight is 606 g/mol. The Kier molecular flexibility index (Phi) is 8.24. The first-order chi connectivity index (χ1) is 19.8. The molecule has 11 heteroatoms. The number of rotatable bonds is 6. The van der Waals surface area contributed by atoms with Gasteiger partial charge in [-0.1, -0.05) is 42.5 Å². The van der Waals surface area contributed by atoms with Crippen molar-refractivity contribution in [3.05, 3.63) is 89.2 Å². The third kappa shape index (κ3) is 7.06. The van der Waals surface area contributed by atoms with Crippen LogP contribution in [0.4, 0.5) is 22.4 Å². The van der Waals surface area contributed by atoms with Gasteiger partial charge < -0.3 is 14.4 Å². The second-order valence-electron chi connectivity index (χ2n) is 11.0. The predicted octanol–water partition coefficient (Wildman–Crippen LogP) is 6.85. The summed E-state index contributed by atoms with van der Waals surface area (Å²) in [6, 6.07) is 18.7. The number of likely N-dealkylation sites (tertiary alicyclic amines) is 1. The van der Waals surface area contributed by atoms with E-state index in [2.05, 4.69) is 4.74 Å². The van der Waals surface area contributed by atoms with Crippen molar-refractivity contribution in [2.45, 2.75) is 62.0 Å². The number of sulfone groups is 1. The van der Waals surface area contributed by atoms with Crippen molar-refractivity contribution in [3.8, 4) is 16.9 Å². The highest BCUT2D eigenvalue weighted by Gasteiger charge is 2.43. The van der Waals surface area contributed by atoms with Crippen LogP contribution in [0.5, 0.6) is 5.75 Å². The molecule has 0 saturated carbocycles. The number of benzene rings is 3. The molecule has 1 amide bonds. The molecule has 2 aliphatic rings. The predicted molar refractivity (Wildman–Crippen MR) is 149 cm³/mol. The van der Waals surface area contributed by atoms with Crippen LogP contribution in [0.1, 0.15) is 42.9 Å². The highest BCUT2D eigenvalue weighted by atomic mass is 32.2. The minimum absolute atomic E-state index is 0.124. The van der Waals surface area contributed by atoms with E-state index in [-0.39, 0.29) is 24.6 Å². The first kappa shape index (κ1) is 29.9. The first-order valence-corrected chi connectivity index (χ1v) is 15.5. The molecule has 2 aliphatic heterocycles. The molecule has 0 aromatic heterocycles. The van der Waals surface area contributed by atoms with Crippen molar-refractivity contribution in [3.63, 3.8) is 0 Å². The normalized spacial score (nSPS) is 17.3. The van der Waals surface area contributed by atoms with Gasteiger partial charge in [-0.05, 0) is 71.8 Å². The molecule has 3 aromatic rings. The summed E-state index contributed by atoms with van der Waals surface area (Å²) < 4.78 is 87.6. The van der Waals surface area contributed by atoms with Crippen molar-refractivity contribution < 1.29 is 40.2 Å². The van der Waals surface area contributed by atoms with Crippen LogP contribution in [0.25, 0.3) is 11.1 Å². The Hall–Kier alpha value is -3.60. The minimum atomic E-state index is -4.60. The van der Waals surface area contributed by atoms with Gasteiger partial charge in [-0.2, -0.15) is 13.2 Å². The van der Waals surface area contributed by atoms with Crippen molar-refractivity contribution in [1.82, 2.24) is 4.90 Å².